The van der Waals surface area contributed by atoms with Gasteiger partial charge < -0.3 is 4.74 Å². The first-order chi connectivity index (χ1) is 7.55. The van der Waals surface area contributed by atoms with Gasteiger partial charge in [0, 0.05) is 5.92 Å². The zero-order valence-corrected chi connectivity index (χ0v) is 10.8. The Labute approximate surface area is 99.3 Å². The Kier molecular flexibility index (Phi) is 2.27. The Hall–Kier alpha value is -0.300. The van der Waals surface area contributed by atoms with Crippen LogP contribution in [-0.4, -0.2) is 13.2 Å². The summed E-state index contributed by atoms with van der Waals surface area (Å²) in [5, 5.41) is 0. The summed E-state index contributed by atoms with van der Waals surface area (Å²) in [5.41, 5.74) is 1.92. The maximum Gasteiger partial charge on any atom is 0.0534 e. The molecule has 1 aliphatic heterocycles. The van der Waals surface area contributed by atoms with Gasteiger partial charge >= 0.3 is 0 Å². The molecular formula is C15H24O. The molecule has 1 nitrogen and oxygen atoms in total. The summed E-state index contributed by atoms with van der Waals surface area (Å²) >= 11 is 0. The molecule has 1 heteroatoms. The van der Waals surface area contributed by atoms with E-state index in [1.54, 1.807) is 0 Å². The van der Waals surface area contributed by atoms with E-state index in [1.165, 1.54) is 18.4 Å². The summed E-state index contributed by atoms with van der Waals surface area (Å²) in [6.45, 7) is 13.6. The van der Waals surface area contributed by atoms with Gasteiger partial charge in [0.25, 0.3) is 0 Å². The fraction of sp³-hybridized carbons (Fsp3) is 0.867. The monoisotopic (exact) mass is 220 g/mol. The van der Waals surface area contributed by atoms with E-state index >= 15 is 0 Å². The van der Waals surface area contributed by atoms with E-state index in [-0.39, 0.29) is 0 Å². The van der Waals surface area contributed by atoms with E-state index in [4.69, 9.17) is 4.74 Å². The molecule has 3 fully saturated rings. The molecule has 0 amide bonds. The third kappa shape index (κ3) is 1.16. The van der Waals surface area contributed by atoms with Crippen LogP contribution in [-0.2, 0) is 4.74 Å². The molecule has 16 heavy (non-hydrogen) atoms. The molecule has 3 rings (SSSR count). The minimum absolute atomic E-state index is 0.400. The number of ether oxygens (including phenoxy) is 1. The average molecular weight is 220 g/mol. The maximum atomic E-state index is 5.80. The number of rotatable bonds is 1. The Morgan fingerprint density at radius 3 is 2.81 bits per heavy atom. The third-order valence-corrected chi connectivity index (χ3v) is 5.87. The van der Waals surface area contributed by atoms with Crippen LogP contribution in [0.3, 0.4) is 0 Å². The number of hydrogen-bond donors (Lipinski definition) is 0. The highest BCUT2D eigenvalue weighted by atomic mass is 16.5. The predicted molar refractivity (Wildman–Crippen MR) is 66.1 cm³/mol. The summed E-state index contributed by atoms with van der Waals surface area (Å²) in [6, 6.07) is 0. The van der Waals surface area contributed by atoms with Crippen molar-refractivity contribution >= 4 is 0 Å². The molecule has 0 aromatic rings. The van der Waals surface area contributed by atoms with Crippen LogP contribution >= 0.6 is 0 Å². The molecule has 4 bridgehead atoms. The van der Waals surface area contributed by atoms with Crippen LogP contribution in [0.1, 0.15) is 33.6 Å². The summed E-state index contributed by atoms with van der Waals surface area (Å²) in [7, 11) is 0. The lowest BCUT2D eigenvalue weighted by molar-refractivity contribution is -0.0633. The van der Waals surface area contributed by atoms with Crippen LogP contribution in [0, 0.1) is 35.0 Å². The highest BCUT2D eigenvalue weighted by Gasteiger charge is 2.60. The zero-order valence-electron chi connectivity index (χ0n) is 10.8. The topological polar surface area (TPSA) is 9.23 Å². The molecule has 0 N–H and O–H groups in total. The van der Waals surface area contributed by atoms with Crippen molar-refractivity contribution in [3.05, 3.63) is 12.2 Å². The van der Waals surface area contributed by atoms with Crippen molar-refractivity contribution in [2.45, 2.75) is 33.6 Å². The molecule has 2 aliphatic carbocycles. The fourth-order valence-corrected chi connectivity index (χ4v) is 4.81. The fourth-order valence-electron chi connectivity index (χ4n) is 4.81. The SMILES string of the molecule is C=C1C2COCC3C2C(C(C)C)CCC13C. The summed E-state index contributed by atoms with van der Waals surface area (Å²) < 4.78 is 5.80. The largest absolute Gasteiger partial charge is 0.380 e. The van der Waals surface area contributed by atoms with Crippen LogP contribution < -0.4 is 0 Å². The quantitative estimate of drug-likeness (QED) is 0.614. The first-order valence-corrected chi connectivity index (χ1v) is 6.82. The lowest BCUT2D eigenvalue weighted by atomic mass is 9.61. The first kappa shape index (κ1) is 10.8. The molecule has 0 aromatic heterocycles. The van der Waals surface area contributed by atoms with Crippen molar-refractivity contribution in [3.8, 4) is 0 Å². The van der Waals surface area contributed by atoms with Gasteiger partial charge in [0.15, 0.2) is 0 Å². The molecule has 5 unspecified atom stereocenters. The lowest BCUT2D eigenvalue weighted by Crippen LogP contribution is -2.43. The second-order valence-corrected chi connectivity index (χ2v) is 6.72. The molecule has 0 aromatic carbocycles. The van der Waals surface area contributed by atoms with Crippen molar-refractivity contribution in [2.24, 2.45) is 35.0 Å². The summed E-state index contributed by atoms with van der Waals surface area (Å²) in [5.74, 6) is 4.04. The Morgan fingerprint density at radius 2 is 2.12 bits per heavy atom. The van der Waals surface area contributed by atoms with Crippen LogP contribution in [0.4, 0.5) is 0 Å². The van der Waals surface area contributed by atoms with E-state index in [0.29, 0.717) is 11.3 Å². The van der Waals surface area contributed by atoms with Gasteiger partial charge in [-0.15, -0.1) is 0 Å². The normalized spacial score (nSPS) is 51.1. The highest BCUT2D eigenvalue weighted by molar-refractivity contribution is 5.27. The molecule has 2 saturated carbocycles. The van der Waals surface area contributed by atoms with E-state index in [9.17, 15) is 0 Å². The summed E-state index contributed by atoms with van der Waals surface area (Å²) in [4.78, 5) is 0. The summed E-state index contributed by atoms with van der Waals surface area (Å²) in [6.07, 6.45) is 2.75. The van der Waals surface area contributed by atoms with Gasteiger partial charge in [-0.3, -0.25) is 0 Å². The second kappa shape index (κ2) is 3.35. The molecule has 0 spiro atoms. The Balaban J connectivity index is 2.01. The molecule has 1 saturated heterocycles. The Bertz CT molecular complexity index is 319. The number of hydrogen-bond acceptors (Lipinski definition) is 1. The van der Waals surface area contributed by atoms with Crippen LogP contribution in [0.25, 0.3) is 0 Å². The van der Waals surface area contributed by atoms with E-state index < -0.39 is 0 Å². The third-order valence-electron chi connectivity index (χ3n) is 5.87. The van der Waals surface area contributed by atoms with E-state index in [0.717, 1.165) is 36.9 Å². The molecular weight excluding hydrogens is 196 g/mol. The average Bonchev–Trinajstić information content (AvgIpc) is 2.39. The van der Waals surface area contributed by atoms with Crippen LogP contribution in [0.15, 0.2) is 12.2 Å². The molecule has 5 atom stereocenters. The minimum atomic E-state index is 0.400. The molecule has 3 aliphatic rings. The first-order valence-electron chi connectivity index (χ1n) is 6.82. The van der Waals surface area contributed by atoms with Crippen molar-refractivity contribution in [1.82, 2.24) is 0 Å². The smallest absolute Gasteiger partial charge is 0.0534 e. The Morgan fingerprint density at radius 1 is 1.38 bits per heavy atom. The second-order valence-electron chi connectivity index (χ2n) is 6.72. The molecule has 1 heterocycles. The van der Waals surface area contributed by atoms with E-state index in [1.807, 2.05) is 0 Å². The predicted octanol–water partition coefficient (Wildman–Crippen LogP) is 3.51. The van der Waals surface area contributed by atoms with Crippen molar-refractivity contribution < 1.29 is 4.74 Å². The van der Waals surface area contributed by atoms with Gasteiger partial charge in [-0.05, 0) is 41.9 Å². The van der Waals surface area contributed by atoms with Gasteiger partial charge in [-0.25, -0.2) is 0 Å². The molecule has 90 valence electrons. The van der Waals surface area contributed by atoms with E-state index in [2.05, 4.69) is 27.4 Å². The zero-order chi connectivity index (χ0) is 11.5. The van der Waals surface area contributed by atoms with Gasteiger partial charge in [0.05, 0.1) is 13.2 Å². The van der Waals surface area contributed by atoms with Gasteiger partial charge in [-0.1, -0.05) is 32.9 Å². The standard InChI is InChI=1S/C15H24O/c1-9(2)11-5-6-15(4)10(3)12-7-16-8-13(15)14(11)12/h9,11-14H,3,5-8H2,1-2,4H3. The van der Waals surface area contributed by atoms with Crippen LogP contribution in [0.2, 0.25) is 0 Å². The van der Waals surface area contributed by atoms with Crippen molar-refractivity contribution in [3.63, 3.8) is 0 Å². The lowest BCUT2D eigenvalue weighted by Gasteiger charge is -2.46. The van der Waals surface area contributed by atoms with Gasteiger partial charge in [0.1, 0.15) is 0 Å². The van der Waals surface area contributed by atoms with Crippen molar-refractivity contribution in [2.75, 3.05) is 13.2 Å². The van der Waals surface area contributed by atoms with Gasteiger partial charge in [-0.2, -0.15) is 0 Å². The van der Waals surface area contributed by atoms with Gasteiger partial charge in [0.2, 0.25) is 0 Å². The maximum absolute atomic E-state index is 5.80. The van der Waals surface area contributed by atoms with Crippen LogP contribution in [0.5, 0.6) is 0 Å². The van der Waals surface area contributed by atoms with Crippen molar-refractivity contribution in [1.29, 1.82) is 0 Å². The molecule has 0 radical (unpaired) electrons. The minimum Gasteiger partial charge on any atom is -0.380 e. The highest BCUT2D eigenvalue weighted by Crippen LogP contribution is 2.65.